The first-order valence-corrected chi connectivity index (χ1v) is 9.39. The summed E-state index contributed by atoms with van der Waals surface area (Å²) in [6.45, 7) is 0.557. The average Bonchev–Trinajstić information content (AvgIpc) is 2.69. The van der Waals surface area contributed by atoms with Gasteiger partial charge in [0, 0.05) is 49.9 Å². The van der Waals surface area contributed by atoms with Gasteiger partial charge >= 0.3 is 0 Å². The van der Waals surface area contributed by atoms with E-state index in [1.807, 2.05) is 18.2 Å². The van der Waals surface area contributed by atoms with Gasteiger partial charge in [-0.15, -0.1) is 0 Å². The molecule has 0 aliphatic heterocycles. The van der Waals surface area contributed by atoms with Gasteiger partial charge in [-0.2, -0.15) is 0 Å². The Balaban J connectivity index is 1.63. The molecule has 1 aliphatic carbocycles. The Labute approximate surface area is 168 Å². The quantitative estimate of drug-likeness (QED) is 0.585. The van der Waals surface area contributed by atoms with Gasteiger partial charge in [-0.05, 0) is 48.7 Å². The number of halogens is 3. The summed E-state index contributed by atoms with van der Waals surface area (Å²) in [6, 6.07) is 8.27. The van der Waals surface area contributed by atoms with Crippen LogP contribution < -0.4 is 11.1 Å². The minimum Gasteiger partial charge on any atom is -0.381 e. The first kappa shape index (κ1) is 20.9. The van der Waals surface area contributed by atoms with Crippen LogP contribution in [0.5, 0.6) is 0 Å². The van der Waals surface area contributed by atoms with Gasteiger partial charge in [-0.25, -0.2) is 13.2 Å². The van der Waals surface area contributed by atoms with Crippen molar-refractivity contribution < 1.29 is 18.0 Å². The van der Waals surface area contributed by atoms with E-state index < -0.39 is 29.4 Å². The molecule has 2 atom stereocenters. The first-order chi connectivity index (χ1) is 13.8. The van der Waals surface area contributed by atoms with Crippen LogP contribution in [-0.4, -0.2) is 37.5 Å². The molecule has 7 heteroatoms. The fourth-order valence-electron chi connectivity index (χ4n) is 3.53. The van der Waals surface area contributed by atoms with Crippen molar-refractivity contribution in [2.75, 3.05) is 26.0 Å². The molecule has 0 saturated carbocycles. The molecule has 1 amide bonds. The number of nitrogens with zero attached hydrogens (tertiary/aromatic N) is 1. The Bertz CT molecular complexity index is 926. The third kappa shape index (κ3) is 4.79. The molecule has 0 heterocycles. The largest absolute Gasteiger partial charge is 0.381 e. The van der Waals surface area contributed by atoms with Gasteiger partial charge in [-0.3, -0.25) is 4.79 Å². The summed E-state index contributed by atoms with van der Waals surface area (Å²) < 4.78 is 40.8. The number of nitrogens with two attached hydrogens (primary N) is 1. The zero-order valence-electron chi connectivity index (χ0n) is 16.4. The van der Waals surface area contributed by atoms with Crippen molar-refractivity contribution in [3.05, 3.63) is 76.6 Å². The lowest BCUT2D eigenvalue weighted by Gasteiger charge is -2.29. The number of nitrogens with one attached hydrogen (secondary N) is 1. The molecule has 0 spiro atoms. The number of carbonyl (C=O) groups excluding carboxylic acids is 1. The zero-order valence-corrected chi connectivity index (χ0v) is 16.4. The Hall–Kier alpha value is -2.80. The number of carbonyl (C=O) groups is 1. The maximum Gasteiger partial charge on any atom is 0.253 e. The van der Waals surface area contributed by atoms with E-state index >= 15 is 0 Å². The van der Waals surface area contributed by atoms with E-state index in [4.69, 9.17) is 5.73 Å². The SMILES string of the molecule is CN(C)C(=O)c1ccc(NCC2=CC[C@H](c3cc(F)c(F)cc3F)[C@@H](N)C2)cc1. The summed E-state index contributed by atoms with van der Waals surface area (Å²) in [5.74, 6) is -3.50. The van der Waals surface area contributed by atoms with Crippen molar-refractivity contribution in [1.29, 1.82) is 0 Å². The molecular formula is C22H24F3N3O. The molecule has 0 fully saturated rings. The zero-order chi connectivity index (χ0) is 21.1. The van der Waals surface area contributed by atoms with Crippen LogP contribution in [-0.2, 0) is 0 Å². The number of allylic oxidation sites excluding steroid dienone is 1. The monoisotopic (exact) mass is 403 g/mol. The van der Waals surface area contributed by atoms with Crippen LogP contribution in [0, 0.1) is 17.5 Å². The van der Waals surface area contributed by atoms with Crippen molar-refractivity contribution in [3.63, 3.8) is 0 Å². The van der Waals surface area contributed by atoms with E-state index in [0.29, 0.717) is 31.0 Å². The van der Waals surface area contributed by atoms with Crippen molar-refractivity contribution in [2.24, 2.45) is 5.73 Å². The predicted octanol–water partition coefficient (Wildman–Crippen LogP) is 4.05. The van der Waals surface area contributed by atoms with Crippen LogP contribution in [0.2, 0.25) is 0 Å². The standard InChI is InChI=1S/C22H24F3N3O/c1-28(2)22(29)14-4-6-15(7-5-14)27-12-13-3-8-16(21(26)9-13)17-10-19(24)20(25)11-18(17)23/h3-7,10-11,16,21,27H,8-9,12,26H2,1-2H3/t16-,21+/m1/s1. The third-order valence-corrected chi connectivity index (χ3v) is 5.17. The van der Waals surface area contributed by atoms with Gasteiger partial charge in [-0.1, -0.05) is 11.6 Å². The summed E-state index contributed by atoms with van der Waals surface area (Å²) in [5.41, 5.74) is 8.86. The molecular weight excluding hydrogens is 379 g/mol. The summed E-state index contributed by atoms with van der Waals surface area (Å²) in [4.78, 5) is 13.4. The highest BCUT2D eigenvalue weighted by Gasteiger charge is 2.27. The lowest BCUT2D eigenvalue weighted by Crippen LogP contribution is -2.33. The topological polar surface area (TPSA) is 58.4 Å². The minimum absolute atomic E-state index is 0.0620. The van der Waals surface area contributed by atoms with Gasteiger partial charge in [0.15, 0.2) is 11.6 Å². The van der Waals surface area contributed by atoms with Crippen molar-refractivity contribution >= 4 is 11.6 Å². The summed E-state index contributed by atoms with van der Waals surface area (Å²) in [6.07, 6.45) is 2.94. The minimum atomic E-state index is -1.20. The van der Waals surface area contributed by atoms with Gasteiger partial charge in [0.2, 0.25) is 0 Å². The molecule has 4 nitrogen and oxygen atoms in total. The molecule has 0 unspecified atom stereocenters. The van der Waals surface area contributed by atoms with Crippen molar-refractivity contribution in [1.82, 2.24) is 4.90 Å². The smallest absolute Gasteiger partial charge is 0.253 e. The van der Waals surface area contributed by atoms with Crippen LogP contribution >= 0.6 is 0 Å². The molecule has 0 saturated heterocycles. The molecule has 2 aromatic rings. The van der Waals surface area contributed by atoms with Crippen molar-refractivity contribution in [3.8, 4) is 0 Å². The summed E-state index contributed by atoms with van der Waals surface area (Å²) in [5, 5.41) is 3.28. The van der Waals surface area contributed by atoms with E-state index in [9.17, 15) is 18.0 Å². The highest BCUT2D eigenvalue weighted by molar-refractivity contribution is 5.94. The number of amides is 1. The normalized spacial score (nSPS) is 18.9. The fourth-order valence-corrected chi connectivity index (χ4v) is 3.53. The van der Waals surface area contributed by atoms with E-state index in [1.165, 1.54) is 4.90 Å². The van der Waals surface area contributed by atoms with Crippen LogP contribution in [0.3, 0.4) is 0 Å². The third-order valence-electron chi connectivity index (χ3n) is 5.17. The van der Waals surface area contributed by atoms with Crippen LogP contribution in [0.25, 0.3) is 0 Å². The van der Waals surface area contributed by atoms with Crippen LogP contribution in [0.1, 0.15) is 34.7 Å². The molecule has 1 aliphatic rings. The number of benzene rings is 2. The first-order valence-electron chi connectivity index (χ1n) is 9.39. The highest BCUT2D eigenvalue weighted by atomic mass is 19.2. The Morgan fingerprint density at radius 1 is 1.10 bits per heavy atom. The molecule has 0 aromatic heterocycles. The maximum absolute atomic E-state index is 14.1. The van der Waals surface area contributed by atoms with Crippen LogP contribution in [0.15, 0.2) is 48.0 Å². The second-order valence-corrected chi connectivity index (χ2v) is 7.49. The van der Waals surface area contributed by atoms with E-state index in [-0.39, 0.29) is 11.5 Å². The maximum atomic E-state index is 14.1. The second-order valence-electron chi connectivity index (χ2n) is 7.49. The predicted molar refractivity (Wildman–Crippen MR) is 107 cm³/mol. The van der Waals surface area contributed by atoms with Gasteiger partial charge < -0.3 is 16.0 Å². The lowest BCUT2D eigenvalue weighted by molar-refractivity contribution is 0.0827. The molecule has 2 aromatic carbocycles. The molecule has 0 radical (unpaired) electrons. The second kappa shape index (κ2) is 8.69. The van der Waals surface area contributed by atoms with Crippen molar-refractivity contribution in [2.45, 2.75) is 24.8 Å². The molecule has 154 valence electrons. The van der Waals surface area contributed by atoms with Crippen LogP contribution in [0.4, 0.5) is 18.9 Å². The number of rotatable bonds is 5. The summed E-state index contributed by atoms with van der Waals surface area (Å²) >= 11 is 0. The Kier molecular flexibility index (Phi) is 6.27. The van der Waals surface area contributed by atoms with Gasteiger partial charge in [0.05, 0.1) is 0 Å². The number of hydrogen-bond donors (Lipinski definition) is 2. The average molecular weight is 403 g/mol. The highest BCUT2D eigenvalue weighted by Crippen LogP contribution is 2.33. The van der Waals surface area contributed by atoms with E-state index in [2.05, 4.69) is 5.32 Å². The fraction of sp³-hybridized carbons (Fsp3) is 0.318. The molecule has 3 rings (SSSR count). The Morgan fingerprint density at radius 2 is 1.76 bits per heavy atom. The van der Waals surface area contributed by atoms with E-state index in [1.54, 1.807) is 26.2 Å². The Morgan fingerprint density at radius 3 is 2.38 bits per heavy atom. The molecule has 0 bridgehead atoms. The number of hydrogen-bond acceptors (Lipinski definition) is 3. The van der Waals surface area contributed by atoms with Gasteiger partial charge in [0.25, 0.3) is 5.91 Å². The molecule has 3 N–H and O–H groups in total. The van der Waals surface area contributed by atoms with E-state index in [0.717, 1.165) is 17.3 Å². The summed E-state index contributed by atoms with van der Waals surface area (Å²) in [7, 11) is 3.40. The number of anilines is 1. The molecule has 29 heavy (non-hydrogen) atoms. The lowest BCUT2D eigenvalue weighted by atomic mass is 9.80. The van der Waals surface area contributed by atoms with Gasteiger partial charge in [0.1, 0.15) is 5.82 Å².